The van der Waals surface area contributed by atoms with Crippen molar-refractivity contribution >= 4 is 38.4 Å². The lowest BCUT2D eigenvalue weighted by atomic mass is 10.1. The molecule has 0 aliphatic heterocycles. The molecule has 0 heterocycles. The van der Waals surface area contributed by atoms with Crippen molar-refractivity contribution < 1.29 is 38.1 Å². The molecule has 3 N–H and O–H groups in total. The van der Waals surface area contributed by atoms with Gasteiger partial charge in [0.1, 0.15) is 18.0 Å². The molecular weight excluding hydrogens is 522 g/mol. The molecule has 9 nitrogen and oxygen atoms in total. The third-order valence-corrected chi connectivity index (χ3v) is 8.29. The molecule has 0 saturated carbocycles. The van der Waals surface area contributed by atoms with E-state index in [9.17, 15) is 33.3 Å². The van der Waals surface area contributed by atoms with Crippen molar-refractivity contribution in [2.75, 3.05) is 10.8 Å². The monoisotopic (exact) mass is 549 g/mol. The van der Waals surface area contributed by atoms with Crippen molar-refractivity contribution in [1.82, 2.24) is 0 Å². The first-order valence-electron chi connectivity index (χ1n) is 11.9. The number of phenolic OH excluding ortho intramolecular Hbond substituents is 1. The van der Waals surface area contributed by atoms with Crippen LogP contribution in [-0.4, -0.2) is 42.2 Å². The van der Waals surface area contributed by atoms with E-state index in [4.69, 9.17) is 4.74 Å². The molecule has 0 aliphatic carbocycles. The summed E-state index contributed by atoms with van der Waals surface area (Å²) < 4.78 is 34.7. The molecule has 0 radical (unpaired) electrons. The Morgan fingerprint density at radius 3 is 2.03 bits per heavy atom. The molecule has 39 heavy (non-hydrogen) atoms. The average molecular weight is 550 g/mol. The second-order valence-corrected chi connectivity index (χ2v) is 11.0. The maximum absolute atomic E-state index is 14.0. The van der Waals surface area contributed by atoms with Gasteiger partial charge in [0.2, 0.25) is 6.10 Å². The van der Waals surface area contributed by atoms with Gasteiger partial charge in [-0.2, -0.15) is 0 Å². The Morgan fingerprint density at radius 2 is 1.46 bits per heavy atom. The van der Waals surface area contributed by atoms with Gasteiger partial charge in [0.05, 0.1) is 10.6 Å². The highest BCUT2D eigenvalue weighted by Gasteiger charge is 2.32. The molecule has 0 bridgehead atoms. The Bertz CT molecular complexity index is 1660. The van der Waals surface area contributed by atoms with Gasteiger partial charge in [0.25, 0.3) is 10.0 Å². The van der Waals surface area contributed by atoms with Gasteiger partial charge in [0, 0.05) is 16.3 Å². The van der Waals surface area contributed by atoms with E-state index in [-0.39, 0.29) is 27.6 Å². The number of nitrogens with zero attached hydrogens (tertiary/aromatic N) is 1. The molecule has 10 heteroatoms. The van der Waals surface area contributed by atoms with Gasteiger partial charge in [-0.3, -0.25) is 9.10 Å². The van der Waals surface area contributed by atoms with Crippen molar-refractivity contribution in [3.05, 3.63) is 95.1 Å². The molecule has 4 aromatic rings. The van der Waals surface area contributed by atoms with Crippen molar-refractivity contribution in [1.29, 1.82) is 0 Å². The molecule has 202 valence electrons. The first-order valence-corrected chi connectivity index (χ1v) is 13.4. The van der Waals surface area contributed by atoms with Crippen LogP contribution in [0.1, 0.15) is 28.4 Å². The van der Waals surface area contributed by atoms with E-state index in [1.54, 1.807) is 50.2 Å². The number of benzene rings is 4. The van der Waals surface area contributed by atoms with Gasteiger partial charge >= 0.3 is 11.9 Å². The van der Waals surface area contributed by atoms with Crippen LogP contribution in [0, 0.1) is 20.8 Å². The Balaban J connectivity index is 1.87. The second kappa shape index (κ2) is 10.7. The van der Waals surface area contributed by atoms with E-state index >= 15 is 0 Å². The molecule has 4 aromatic carbocycles. The summed E-state index contributed by atoms with van der Waals surface area (Å²) in [4.78, 5) is 24.0. The lowest BCUT2D eigenvalue weighted by Gasteiger charge is -2.27. The predicted molar refractivity (Wildman–Crippen MR) is 146 cm³/mol. The summed E-state index contributed by atoms with van der Waals surface area (Å²) in [6, 6.07) is 18.4. The number of aromatic hydroxyl groups is 1. The fraction of sp³-hybridized carbons (Fsp3) is 0.172. The topological polar surface area (TPSA) is 141 Å². The second-order valence-electron chi connectivity index (χ2n) is 9.19. The van der Waals surface area contributed by atoms with Crippen LogP contribution in [0.3, 0.4) is 0 Å². The maximum atomic E-state index is 14.0. The molecule has 4 rings (SSSR count). The number of hydrogen-bond acceptors (Lipinski definition) is 6. The number of phenols is 1. The Kier molecular flexibility index (Phi) is 7.51. The largest absolute Gasteiger partial charge is 0.508 e. The normalized spacial score (nSPS) is 12.2. The summed E-state index contributed by atoms with van der Waals surface area (Å²) in [5.41, 5.74) is 2.25. The predicted octanol–water partition coefficient (Wildman–Crippen LogP) is 4.96. The molecule has 1 unspecified atom stereocenters. The van der Waals surface area contributed by atoms with Crippen LogP contribution >= 0.6 is 0 Å². The van der Waals surface area contributed by atoms with Gasteiger partial charge in [0.15, 0.2) is 0 Å². The summed E-state index contributed by atoms with van der Waals surface area (Å²) in [6.07, 6.45) is -1.42. The molecule has 0 aromatic heterocycles. The van der Waals surface area contributed by atoms with Crippen LogP contribution in [-0.2, 0) is 19.6 Å². The number of carboxylic acid groups (broad SMARTS) is 2. The Hall–Kier alpha value is -4.57. The van der Waals surface area contributed by atoms with Crippen molar-refractivity contribution in [2.45, 2.75) is 31.8 Å². The number of sulfonamides is 1. The van der Waals surface area contributed by atoms with Crippen LogP contribution in [0.5, 0.6) is 11.5 Å². The zero-order chi connectivity index (χ0) is 28.5. The molecule has 0 amide bonds. The number of carboxylic acids is 2. The number of aryl methyl sites for hydroxylation is 3. The number of ether oxygens (including phenoxy) is 1. The highest BCUT2D eigenvalue weighted by molar-refractivity contribution is 7.93. The van der Waals surface area contributed by atoms with E-state index in [0.29, 0.717) is 21.9 Å². The fourth-order valence-electron chi connectivity index (χ4n) is 4.72. The highest BCUT2D eigenvalue weighted by atomic mass is 32.2. The quantitative estimate of drug-likeness (QED) is 0.266. The van der Waals surface area contributed by atoms with Gasteiger partial charge in [-0.1, -0.05) is 54.1 Å². The first kappa shape index (κ1) is 27.5. The minimum absolute atomic E-state index is 0.0250. The first-order chi connectivity index (χ1) is 18.4. The number of anilines is 1. The summed E-state index contributed by atoms with van der Waals surface area (Å²) in [7, 11) is -4.32. The third-order valence-electron chi connectivity index (χ3n) is 6.23. The zero-order valence-corrected chi connectivity index (χ0v) is 22.3. The van der Waals surface area contributed by atoms with Gasteiger partial charge in [-0.15, -0.1) is 0 Å². The van der Waals surface area contributed by atoms with Crippen molar-refractivity contribution in [2.24, 2.45) is 0 Å². The summed E-state index contributed by atoms with van der Waals surface area (Å²) in [5, 5.41) is 29.8. The lowest BCUT2D eigenvalue weighted by Crippen LogP contribution is -2.36. The number of hydrogen-bond donors (Lipinski definition) is 3. The minimum atomic E-state index is -4.32. The average Bonchev–Trinajstić information content (AvgIpc) is 2.85. The van der Waals surface area contributed by atoms with Gasteiger partial charge in [-0.05, 0) is 56.2 Å². The van der Waals surface area contributed by atoms with E-state index in [0.717, 1.165) is 9.87 Å². The lowest BCUT2D eigenvalue weighted by molar-refractivity contribution is -0.145. The van der Waals surface area contributed by atoms with E-state index in [1.807, 2.05) is 6.92 Å². The third kappa shape index (κ3) is 5.51. The van der Waals surface area contributed by atoms with Gasteiger partial charge in [-0.25, -0.2) is 13.2 Å². The standard InChI is InChI=1S/C29H27NO8S/c1-17-14-18(2)28(19(3)15-17)39(36,37)30(16-26(32)33)24-12-13-25(23-7-5-4-6-22(23)24)38-27(29(34)35)20-8-10-21(31)11-9-20/h4-15,27,31H,16H2,1-3H3,(H,32,33)(H,34,35). The van der Waals surface area contributed by atoms with Crippen molar-refractivity contribution in [3.8, 4) is 11.5 Å². The smallest absolute Gasteiger partial charge is 0.349 e. The van der Waals surface area contributed by atoms with Crippen LogP contribution in [0.25, 0.3) is 10.8 Å². The van der Waals surface area contributed by atoms with Crippen LogP contribution in [0.2, 0.25) is 0 Å². The van der Waals surface area contributed by atoms with Crippen molar-refractivity contribution in [3.63, 3.8) is 0 Å². The fourth-order valence-corrected chi connectivity index (χ4v) is 6.57. The van der Waals surface area contributed by atoms with Crippen LogP contribution in [0.4, 0.5) is 5.69 Å². The maximum Gasteiger partial charge on any atom is 0.349 e. The highest BCUT2D eigenvalue weighted by Crippen LogP contribution is 2.39. The Labute approximate surface area is 225 Å². The number of fused-ring (bicyclic) bond motifs is 1. The summed E-state index contributed by atoms with van der Waals surface area (Å²) >= 11 is 0. The number of carbonyl (C=O) groups is 2. The molecule has 1 atom stereocenters. The number of aliphatic carboxylic acids is 2. The molecule has 0 aliphatic rings. The number of rotatable bonds is 9. The van der Waals surface area contributed by atoms with Crippen LogP contribution < -0.4 is 9.04 Å². The zero-order valence-electron chi connectivity index (χ0n) is 21.5. The van der Waals surface area contributed by atoms with Gasteiger partial charge < -0.3 is 20.1 Å². The minimum Gasteiger partial charge on any atom is -0.508 e. The van der Waals surface area contributed by atoms with E-state index in [2.05, 4.69) is 0 Å². The molecule has 0 fully saturated rings. The summed E-state index contributed by atoms with van der Waals surface area (Å²) in [6.45, 7) is 4.34. The SMILES string of the molecule is Cc1cc(C)c(S(=O)(=O)N(CC(=O)O)c2ccc(OC(C(=O)O)c3ccc(O)cc3)c3ccccc23)c(C)c1. The van der Waals surface area contributed by atoms with E-state index in [1.165, 1.54) is 36.4 Å². The van der Waals surface area contributed by atoms with E-state index < -0.39 is 34.6 Å². The van der Waals surface area contributed by atoms with Crippen LogP contribution in [0.15, 0.2) is 77.7 Å². The molecule has 0 spiro atoms. The summed E-state index contributed by atoms with van der Waals surface area (Å²) in [5.74, 6) is -2.49. The molecular formula is C29H27NO8S. The Morgan fingerprint density at radius 1 is 0.872 bits per heavy atom. The molecule has 0 saturated heterocycles.